The highest BCUT2D eigenvalue weighted by atomic mass is 32.2. The van der Waals surface area contributed by atoms with Gasteiger partial charge < -0.3 is 11.1 Å². The molecule has 1 rings (SSSR count). The van der Waals surface area contributed by atoms with E-state index < -0.39 is 0 Å². The van der Waals surface area contributed by atoms with Crippen molar-refractivity contribution in [2.45, 2.75) is 37.5 Å². The summed E-state index contributed by atoms with van der Waals surface area (Å²) in [6.45, 7) is 2.67. The van der Waals surface area contributed by atoms with E-state index >= 15 is 0 Å². The molecule has 1 unspecified atom stereocenters. The van der Waals surface area contributed by atoms with Gasteiger partial charge in [0.1, 0.15) is 0 Å². The second-order valence-electron chi connectivity index (χ2n) is 3.44. The molecule has 0 radical (unpaired) electrons. The molecule has 0 bridgehead atoms. The van der Waals surface area contributed by atoms with Crippen LogP contribution in [0.25, 0.3) is 0 Å². The highest BCUT2D eigenvalue weighted by Gasteiger charge is 2.25. The van der Waals surface area contributed by atoms with E-state index in [0.29, 0.717) is 12.6 Å². The van der Waals surface area contributed by atoms with E-state index in [4.69, 9.17) is 5.73 Å². The van der Waals surface area contributed by atoms with Gasteiger partial charge in [0, 0.05) is 6.04 Å². The van der Waals surface area contributed by atoms with Gasteiger partial charge in [-0.1, -0.05) is 0 Å². The molecule has 1 aliphatic rings. The fraction of sp³-hybridized carbons (Fsp3) is 0.889. The Hall–Kier alpha value is -0.220. The van der Waals surface area contributed by atoms with Crippen molar-refractivity contribution in [3.63, 3.8) is 0 Å². The number of nitrogens with one attached hydrogen (secondary N) is 1. The molecule has 1 fully saturated rings. The van der Waals surface area contributed by atoms with E-state index in [1.807, 2.05) is 6.92 Å². The van der Waals surface area contributed by atoms with E-state index in [0.717, 1.165) is 25.0 Å². The molecule has 1 amide bonds. The van der Waals surface area contributed by atoms with E-state index in [2.05, 4.69) is 5.32 Å². The van der Waals surface area contributed by atoms with Crippen molar-refractivity contribution >= 4 is 17.7 Å². The highest BCUT2D eigenvalue weighted by molar-refractivity contribution is 8.00. The summed E-state index contributed by atoms with van der Waals surface area (Å²) in [6.07, 6.45) is 3.31. The Labute approximate surface area is 83.8 Å². The Balaban J connectivity index is 2.05. The molecule has 1 saturated carbocycles. The van der Waals surface area contributed by atoms with Crippen LogP contribution in [0, 0.1) is 0 Å². The van der Waals surface area contributed by atoms with Gasteiger partial charge in [-0.3, -0.25) is 4.79 Å². The number of carbonyl (C=O) groups excluding carboxylic acids is 1. The van der Waals surface area contributed by atoms with Crippen LogP contribution < -0.4 is 11.1 Å². The second kappa shape index (κ2) is 5.50. The normalized spacial score (nSPS) is 18.3. The molecular weight excluding hydrogens is 184 g/mol. The zero-order valence-electron chi connectivity index (χ0n) is 8.08. The second-order valence-corrected chi connectivity index (χ2v) is 4.89. The van der Waals surface area contributed by atoms with Crippen molar-refractivity contribution < 1.29 is 4.79 Å². The molecule has 76 valence electrons. The maximum Gasteiger partial charge on any atom is 0.233 e. The number of hydrogen-bond donors (Lipinski definition) is 2. The lowest BCUT2D eigenvalue weighted by Crippen LogP contribution is -2.32. The summed E-state index contributed by atoms with van der Waals surface area (Å²) in [5, 5.41) is 3.07. The molecule has 0 aromatic carbocycles. The lowest BCUT2D eigenvalue weighted by Gasteiger charge is -2.10. The van der Waals surface area contributed by atoms with Crippen molar-refractivity contribution in [3.05, 3.63) is 0 Å². The molecule has 0 heterocycles. The minimum Gasteiger partial charge on any atom is -0.352 e. The lowest BCUT2D eigenvalue weighted by molar-refractivity contribution is -0.120. The largest absolute Gasteiger partial charge is 0.352 e. The fourth-order valence-electron chi connectivity index (χ4n) is 0.965. The highest BCUT2D eigenvalue weighted by Crippen LogP contribution is 2.20. The molecule has 0 aromatic rings. The van der Waals surface area contributed by atoms with Gasteiger partial charge >= 0.3 is 0 Å². The maximum atomic E-state index is 11.4. The van der Waals surface area contributed by atoms with Gasteiger partial charge in [0.2, 0.25) is 5.91 Å². The SMILES string of the molecule is CC(SCCCN)C(=O)NC1CC1. The Morgan fingerprint density at radius 3 is 2.92 bits per heavy atom. The van der Waals surface area contributed by atoms with Gasteiger partial charge in [0.15, 0.2) is 0 Å². The van der Waals surface area contributed by atoms with Crippen LogP contribution in [-0.2, 0) is 4.79 Å². The van der Waals surface area contributed by atoms with E-state index in [1.54, 1.807) is 11.8 Å². The molecule has 13 heavy (non-hydrogen) atoms. The molecular formula is C9H18N2OS. The molecule has 4 heteroatoms. The summed E-state index contributed by atoms with van der Waals surface area (Å²) in [4.78, 5) is 11.4. The molecule has 0 saturated heterocycles. The van der Waals surface area contributed by atoms with E-state index in [9.17, 15) is 4.79 Å². The van der Waals surface area contributed by atoms with Gasteiger partial charge in [-0.15, -0.1) is 11.8 Å². The average Bonchev–Trinajstić information content (AvgIpc) is 2.88. The van der Waals surface area contributed by atoms with Crippen LogP contribution in [0.5, 0.6) is 0 Å². The number of amides is 1. The van der Waals surface area contributed by atoms with Crippen molar-refractivity contribution in [2.75, 3.05) is 12.3 Å². The summed E-state index contributed by atoms with van der Waals surface area (Å²) in [6, 6.07) is 0.477. The standard InChI is InChI=1S/C9H18N2OS/c1-7(13-6-2-5-10)9(12)11-8-3-4-8/h7-8H,2-6,10H2,1H3,(H,11,12). The third kappa shape index (κ3) is 4.52. The smallest absolute Gasteiger partial charge is 0.233 e. The number of nitrogens with two attached hydrogens (primary N) is 1. The summed E-state index contributed by atoms with van der Waals surface area (Å²) in [7, 11) is 0. The van der Waals surface area contributed by atoms with Gasteiger partial charge in [-0.25, -0.2) is 0 Å². The number of carbonyl (C=O) groups is 1. The topological polar surface area (TPSA) is 55.1 Å². The van der Waals surface area contributed by atoms with E-state index in [1.165, 1.54) is 0 Å². The molecule has 3 N–H and O–H groups in total. The first-order chi connectivity index (χ1) is 6.24. The van der Waals surface area contributed by atoms with Gasteiger partial charge in [0.25, 0.3) is 0 Å². The predicted octanol–water partition coefficient (Wildman–Crippen LogP) is 0.736. The first-order valence-electron chi connectivity index (χ1n) is 4.86. The number of rotatable bonds is 6. The quantitative estimate of drug-likeness (QED) is 0.625. The third-order valence-electron chi connectivity index (χ3n) is 2.01. The summed E-state index contributed by atoms with van der Waals surface area (Å²) >= 11 is 1.69. The Kier molecular flexibility index (Phi) is 4.59. The fourth-order valence-corrected chi connectivity index (χ4v) is 1.87. The first-order valence-corrected chi connectivity index (χ1v) is 5.91. The summed E-state index contributed by atoms with van der Waals surface area (Å²) in [5.74, 6) is 1.17. The van der Waals surface area contributed by atoms with Crippen LogP contribution in [0.2, 0.25) is 0 Å². The zero-order valence-corrected chi connectivity index (χ0v) is 8.90. The van der Waals surface area contributed by atoms with Crippen LogP contribution in [0.1, 0.15) is 26.2 Å². The first kappa shape index (κ1) is 10.9. The minimum atomic E-state index is 0.0761. The average molecular weight is 202 g/mol. The molecule has 0 aliphatic heterocycles. The Morgan fingerprint density at radius 1 is 1.69 bits per heavy atom. The van der Waals surface area contributed by atoms with Crippen LogP contribution in [0.15, 0.2) is 0 Å². The minimum absolute atomic E-state index is 0.0761. The van der Waals surface area contributed by atoms with Crippen LogP contribution >= 0.6 is 11.8 Å². The van der Waals surface area contributed by atoms with Crippen LogP contribution in [-0.4, -0.2) is 29.5 Å². The third-order valence-corrected chi connectivity index (χ3v) is 3.25. The number of hydrogen-bond acceptors (Lipinski definition) is 3. The molecule has 0 spiro atoms. The van der Waals surface area contributed by atoms with Gasteiger partial charge in [0.05, 0.1) is 5.25 Å². The molecule has 1 atom stereocenters. The van der Waals surface area contributed by atoms with Gasteiger partial charge in [-0.05, 0) is 38.5 Å². The Bertz CT molecular complexity index is 171. The number of thioether (sulfide) groups is 1. The lowest BCUT2D eigenvalue weighted by atomic mass is 10.4. The molecule has 3 nitrogen and oxygen atoms in total. The van der Waals surface area contributed by atoms with E-state index in [-0.39, 0.29) is 11.2 Å². The van der Waals surface area contributed by atoms with Crippen LogP contribution in [0.3, 0.4) is 0 Å². The van der Waals surface area contributed by atoms with Crippen molar-refractivity contribution in [2.24, 2.45) is 5.73 Å². The summed E-state index contributed by atoms with van der Waals surface area (Å²) in [5.41, 5.74) is 5.37. The van der Waals surface area contributed by atoms with Crippen molar-refractivity contribution in [3.8, 4) is 0 Å². The molecule has 0 aromatic heterocycles. The monoisotopic (exact) mass is 202 g/mol. The van der Waals surface area contributed by atoms with Crippen molar-refractivity contribution in [1.29, 1.82) is 0 Å². The molecule has 1 aliphatic carbocycles. The zero-order chi connectivity index (χ0) is 9.68. The van der Waals surface area contributed by atoms with Crippen LogP contribution in [0.4, 0.5) is 0 Å². The Morgan fingerprint density at radius 2 is 2.38 bits per heavy atom. The van der Waals surface area contributed by atoms with Gasteiger partial charge in [-0.2, -0.15) is 0 Å². The van der Waals surface area contributed by atoms with Crippen molar-refractivity contribution in [1.82, 2.24) is 5.32 Å². The predicted molar refractivity (Wildman–Crippen MR) is 56.8 cm³/mol. The maximum absolute atomic E-state index is 11.4. The summed E-state index contributed by atoms with van der Waals surface area (Å²) < 4.78 is 0.